The Morgan fingerprint density at radius 1 is 1.41 bits per heavy atom. The lowest BCUT2D eigenvalue weighted by atomic mass is 9.80. The molecule has 1 aromatic heterocycles. The summed E-state index contributed by atoms with van der Waals surface area (Å²) >= 11 is 0. The zero-order valence-electron chi connectivity index (χ0n) is 12.8. The first-order chi connectivity index (χ1) is 10.0. The van der Waals surface area contributed by atoms with Crippen LogP contribution in [0.15, 0.2) is 12.3 Å². The topological polar surface area (TPSA) is 56.1 Å². The standard InChI is InChI=1S/C14H20F3N3O2/c1-13(2,3)22-12(21)19-10-6-9(7-10)8-20-11(4-5-18-20)14(15,16)17/h4-5,9-10H,6-8H2,1-3H3,(H,19,21). The van der Waals surface area contributed by atoms with Gasteiger partial charge in [0.1, 0.15) is 11.3 Å². The van der Waals surface area contributed by atoms with Crippen LogP contribution in [-0.4, -0.2) is 27.5 Å². The van der Waals surface area contributed by atoms with Crippen molar-refractivity contribution in [3.8, 4) is 0 Å². The van der Waals surface area contributed by atoms with Gasteiger partial charge in [0, 0.05) is 18.8 Å². The van der Waals surface area contributed by atoms with Crippen LogP contribution in [0.3, 0.4) is 0 Å². The van der Waals surface area contributed by atoms with Gasteiger partial charge < -0.3 is 10.1 Å². The smallest absolute Gasteiger partial charge is 0.433 e. The second-order valence-electron chi connectivity index (χ2n) is 6.58. The molecule has 0 bridgehead atoms. The van der Waals surface area contributed by atoms with Crippen molar-refractivity contribution in [1.82, 2.24) is 15.1 Å². The van der Waals surface area contributed by atoms with E-state index in [1.807, 2.05) is 0 Å². The average Bonchev–Trinajstić information content (AvgIpc) is 2.71. The molecule has 1 aliphatic carbocycles. The van der Waals surface area contributed by atoms with Gasteiger partial charge in [-0.1, -0.05) is 0 Å². The summed E-state index contributed by atoms with van der Waals surface area (Å²) in [5.41, 5.74) is -1.31. The summed E-state index contributed by atoms with van der Waals surface area (Å²) in [6.07, 6.45) is -2.50. The van der Waals surface area contributed by atoms with Crippen LogP contribution < -0.4 is 5.32 Å². The second kappa shape index (κ2) is 5.81. The molecule has 0 saturated heterocycles. The van der Waals surface area contributed by atoms with E-state index in [0.29, 0.717) is 12.8 Å². The van der Waals surface area contributed by atoms with Crippen molar-refractivity contribution >= 4 is 6.09 Å². The van der Waals surface area contributed by atoms with Gasteiger partial charge in [0.25, 0.3) is 0 Å². The Morgan fingerprint density at radius 3 is 2.59 bits per heavy atom. The number of ether oxygens (including phenoxy) is 1. The molecule has 0 atom stereocenters. The summed E-state index contributed by atoms with van der Waals surface area (Å²) < 4.78 is 44.3. The van der Waals surface area contributed by atoms with Crippen molar-refractivity contribution in [1.29, 1.82) is 0 Å². The van der Waals surface area contributed by atoms with Crippen molar-refractivity contribution in [3.05, 3.63) is 18.0 Å². The van der Waals surface area contributed by atoms with E-state index < -0.39 is 23.6 Å². The number of hydrogen-bond donors (Lipinski definition) is 1. The van der Waals surface area contributed by atoms with E-state index in [1.165, 1.54) is 0 Å². The molecular formula is C14H20F3N3O2. The number of alkyl halides is 3. The van der Waals surface area contributed by atoms with Gasteiger partial charge in [0.2, 0.25) is 0 Å². The average molecular weight is 319 g/mol. The summed E-state index contributed by atoms with van der Waals surface area (Å²) in [5.74, 6) is 0.0703. The summed E-state index contributed by atoms with van der Waals surface area (Å²) in [6.45, 7) is 5.51. The maximum Gasteiger partial charge on any atom is 0.433 e. The largest absolute Gasteiger partial charge is 0.444 e. The first-order valence-electron chi connectivity index (χ1n) is 7.13. The molecule has 22 heavy (non-hydrogen) atoms. The van der Waals surface area contributed by atoms with Crippen LogP contribution in [0, 0.1) is 5.92 Å². The third-order valence-corrected chi connectivity index (χ3v) is 3.39. The molecule has 1 amide bonds. The van der Waals surface area contributed by atoms with Gasteiger partial charge in [-0.25, -0.2) is 4.79 Å². The second-order valence-corrected chi connectivity index (χ2v) is 6.58. The molecule has 0 aromatic carbocycles. The summed E-state index contributed by atoms with van der Waals surface area (Å²) in [4.78, 5) is 11.6. The molecular weight excluding hydrogens is 299 g/mol. The highest BCUT2D eigenvalue weighted by molar-refractivity contribution is 5.68. The highest BCUT2D eigenvalue weighted by atomic mass is 19.4. The van der Waals surface area contributed by atoms with Crippen molar-refractivity contribution < 1.29 is 22.7 Å². The molecule has 5 nitrogen and oxygen atoms in total. The van der Waals surface area contributed by atoms with Crippen LogP contribution in [0.2, 0.25) is 0 Å². The fraction of sp³-hybridized carbons (Fsp3) is 0.714. The SMILES string of the molecule is CC(C)(C)OC(=O)NC1CC(Cn2nccc2C(F)(F)F)C1. The molecule has 8 heteroatoms. The van der Waals surface area contributed by atoms with Gasteiger partial charge in [-0.2, -0.15) is 18.3 Å². The van der Waals surface area contributed by atoms with Gasteiger partial charge in [0.05, 0.1) is 0 Å². The van der Waals surface area contributed by atoms with Gasteiger partial charge in [0.15, 0.2) is 0 Å². The number of rotatable bonds is 3. The Morgan fingerprint density at radius 2 is 2.05 bits per heavy atom. The van der Waals surface area contributed by atoms with Gasteiger partial charge in [-0.3, -0.25) is 4.68 Å². The van der Waals surface area contributed by atoms with Crippen molar-refractivity contribution in [2.24, 2.45) is 5.92 Å². The maximum atomic E-state index is 12.7. The van der Waals surface area contributed by atoms with Crippen molar-refractivity contribution in [2.45, 2.75) is 58.0 Å². The number of halogens is 3. The van der Waals surface area contributed by atoms with Crippen LogP contribution in [-0.2, 0) is 17.5 Å². The Kier molecular flexibility index (Phi) is 4.39. The fourth-order valence-corrected chi connectivity index (χ4v) is 2.44. The van der Waals surface area contributed by atoms with E-state index in [-0.39, 0.29) is 18.5 Å². The fourth-order valence-electron chi connectivity index (χ4n) is 2.44. The molecule has 1 fully saturated rings. The quantitative estimate of drug-likeness (QED) is 0.931. The number of hydrogen-bond acceptors (Lipinski definition) is 3. The molecule has 0 aliphatic heterocycles. The van der Waals surface area contributed by atoms with E-state index in [2.05, 4.69) is 10.4 Å². The minimum atomic E-state index is -4.39. The lowest BCUT2D eigenvalue weighted by Gasteiger charge is -2.36. The monoisotopic (exact) mass is 319 g/mol. The number of carbonyl (C=O) groups excluding carboxylic acids is 1. The van der Waals surface area contributed by atoms with E-state index in [4.69, 9.17) is 4.74 Å². The predicted octanol–water partition coefficient (Wildman–Crippen LogP) is 3.21. The Hall–Kier alpha value is -1.73. The van der Waals surface area contributed by atoms with Crippen LogP contribution in [0.25, 0.3) is 0 Å². The molecule has 1 aromatic rings. The van der Waals surface area contributed by atoms with Crippen LogP contribution >= 0.6 is 0 Å². The predicted molar refractivity (Wildman–Crippen MR) is 73.1 cm³/mol. The lowest BCUT2D eigenvalue weighted by Crippen LogP contribution is -2.47. The van der Waals surface area contributed by atoms with E-state index in [0.717, 1.165) is 16.9 Å². The van der Waals surface area contributed by atoms with Gasteiger partial charge >= 0.3 is 12.3 Å². The molecule has 1 N–H and O–H groups in total. The molecule has 0 radical (unpaired) electrons. The molecule has 1 aliphatic rings. The molecule has 124 valence electrons. The highest BCUT2D eigenvalue weighted by Crippen LogP contribution is 2.33. The van der Waals surface area contributed by atoms with Crippen LogP contribution in [0.5, 0.6) is 0 Å². The number of alkyl carbamates (subject to hydrolysis) is 1. The molecule has 0 unspecified atom stereocenters. The highest BCUT2D eigenvalue weighted by Gasteiger charge is 2.37. The van der Waals surface area contributed by atoms with Gasteiger partial charge in [-0.15, -0.1) is 0 Å². The van der Waals surface area contributed by atoms with E-state index in [9.17, 15) is 18.0 Å². The Labute approximate surface area is 126 Å². The number of nitrogens with one attached hydrogen (secondary N) is 1. The van der Waals surface area contributed by atoms with Crippen molar-refractivity contribution in [3.63, 3.8) is 0 Å². The summed E-state index contributed by atoms with van der Waals surface area (Å²) in [7, 11) is 0. The Bertz CT molecular complexity index is 528. The number of aromatic nitrogens is 2. The van der Waals surface area contributed by atoms with Crippen LogP contribution in [0.4, 0.5) is 18.0 Å². The normalized spacial score (nSPS) is 22.1. The number of carbonyl (C=O) groups is 1. The molecule has 0 spiro atoms. The molecule has 1 heterocycles. The first kappa shape index (κ1) is 16.6. The lowest BCUT2D eigenvalue weighted by molar-refractivity contribution is -0.144. The molecule has 1 saturated carbocycles. The van der Waals surface area contributed by atoms with Crippen LogP contribution in [0.1, 0.15) is 39.3 Å². The minimum absolute atomic E-state index is 0.0512. The number of nitrogens with zero attached hydrogens (tertiary/aromatic N) is 2. The van der Waals surface area contributed by atoms with E-state index in [1.54, 1.807) is 20.8 Å². The Balaban J connectivity index is 1.79. The van der Waals surface area contributed by atoms with E-state index >= 15 is 0 Å². The summed E-state index contributed by atoms with van der Waals surface area (Å²) in [6, 6.07) is 0.916. The zero-order chi connectivity index (χ0) is 16.5. The summed E-state index contributed by atoms with van der Waals surface area (Å²) in [5, 5.41) is 6.44. The minimum Gasteiger partial charge on any atom is -0.444 e. The third-order valence-electron chi connectivity index (χ3n) is 3.39. The maximum absolute atomic E-state index is 12.7. The molecule has 2 rings (SSSR count). The van der Waals surface area contributed by atoms with Crippen molar-refractivity contribution in [2.75, 3.05) is 0 Å². The first-order valence-corrected chi connectivity index (χ1v) is 7.13. The zero-order valence-corrected chi connectivity index (χ0v) is 12.8. The van der Waals surface area contributed by atoms with Gasteiger partial charge in [-0.05, 0) is 45.6 Å². The number of amides is 1. The third kappa shape index (κ3) is 4.38.